The number of halogens is 3. The first-order valence-corrected chi connectivity index (χ1v) is 7.75. The highest BCUT2D eigenvalue weighted by Crippen LogP contribution is 2.31. The average Bonchev–Trinajstić information content (AvgIpc) is 2.61. The van der Waals surface area contributed by atoms with Crippen LogP contribution in [0.15, 0.2) is 54.7 Å². The fourth-order valence-electron chi connectivity index (χ4n) is 2.29. The van der Waals surface area contributed by atoms with Crippen LogP contribution in [0.4, 0.5) is 18.9 Å². The van der Waals surface area contributed by atoms with Gasteiger partial charge in [-0.1, -0.05) is 18.2 Å². The molecule has 0 aliphatic heterocycles. The number of hydrogen-bond donors (Lipinski definition) is 2. The number of alkyl halides is 3. The predicted molar refractivity (Wildman–Crippen MR) is 96.9 cm³/mol. The molecule has 27 heavy (non-hydrogen) atoms. The van der Waals surface area contributed by atoms with Gasteiger partial charge in [0.15, 0.2) is 0 Å². The summed E-state index contributed by atoms with van der Waals surface area (Å²) < 4.78 is 31.7. The van der Waals surface area contributed by atoms with E-state index in [2.05, 4.69) is 34.1 Å². The second kappa shape index (κ2) is 7.94. The van der Waals surface area contributed by atoms with E-state index < -0.39 is 12.1 Å². The molecule has 0 unspecified atom stereocenters. The molecule has 5 nitrogen and oxygen atoms in total. The first kappa shape index (κ1) is 20.0. The van der Waals surface area contributed by atoms with Gasteiger partial charge in [-0.3, -0.25) is 4.98 Å². The molecule has 0 bridgehead atoms. The van der Waals surface area contributed by atoms with Crippen molar-refractivity contribution >= 4 is 22.6 Å². The Kier molecular flexibility index (Phi) is 5.89. The number of aliphatic carboxylic acids is 1. The van der Waals surface area contributed by atoms with Gasteiger partial charge in [0, 0.05) is 31.4 Å². The third-order valence-corrected chi connectivity index (χ3v) is 3.64. The highest BCUT2D eigenvalue weighted by molar-refractivity contribution is 5.89. The molecular weight excluding hydrogens is 361 g/mol. The molecule has 0 atom stereocenters. The Morgan fingerprint density at radius 1 is 1.04 bits per heavy atom. The number of rotatable bonds is 2. The molecule has 1 heterocycles. The molecule has 0 aliphatic carbocycles. The van der Waals surface area contributed by atoms with Crippen molar-refractivity contribution in [2.75, 3.05) is 19.0 Å². The lowest BCUT2D eigenvalue weighted by molar-refractivity contribution is -0.192. The Labute approximate surface area is 153 Å². The van der Waals surface area contributed by atoms with E-state index in [1.807, 2.05) is 32.3 Å². The second-order valence-corrected chi connectivity index (χ2v) is 5.81. The van der Waals surface area contributed by atoms with Gasteiger partial charge >= 0.3 is 12.1 Å². The van der Waals surface area contributed by atoms with Gasteiger partial charge in [0.1, 0.15) is 11.3 Å². The van der Waals surface area contributed by atoms with Crippen LogP contribution < -0.4 is 4.90 Å². The van der Waals surface area contributed by atoms with E-state index in [-0.39, 0.29) is 5.75 Å². The molecule has 0 saturated heterocycles. The number of carboxylic acid groups (broad SMARTS) is 1. The predicted octanol–water partition coefficient (Wildman–Crippen LogP) is 4.31. The van der Waals surface area contributed by atoms with E-state index in [0.29, 0.717) is 5.52 Å². The van der Waals surface area contributed by atoms with Crippen molar-refractivity contribution in [2.24, 2.45) is 0 Å². The number of phenolic OH excluding ortho intramolecular Hbond substituents is 1. The van der Waals surface area contributed by atoms with Crippen molar-refractivity contribution in [3.63, 3.8) is 0 Å². The fourth-order valence-corrected chi connectivity index (χ4v) is 2.29. The highest BCUT2D eigenvalue weighted by atomic mass is 19.4. The smallest absolute Gasteiger partial charge is 0.490 e. The molecule has 0 fully saturated rings. The molecule has 2 aromatic carbocycles. The quantitative estimate of drug-likeness (QED) is 0.695. The van der Waals surface area contributed by atoms with Crippen LogP contribution >= 0.6 is 0 Å². The maximum absolute atomic E-state index is 10.6. The standard InChI is InChI=1S/C17H16N2O.C2HF3O2/c1-19(2)15-7-5-12(6-8-15)14-10-13-4-3-9-18-17(13)16(20)11-14;3-2(4,5)1(6)7/h3-11,20H,1-2H3;(H,6,7). The van der Waals surface area contributed by atoms with Gasteiger partial charge in [0.25, 0.3) is 0 Å². The lowest BCUT2D eigenvalue weighted by Crippen LogP contribution is -2.21. The van der Waals surface area contributed by atoms with Crippen molar-refractivity contribution in [3.05, 3.63) is 54.7 Å². The van der Waals surface area contributed by atoms with E-state index in [4.69, 9.17) is 9.90 Å². The van der Waals surface area contributed by atoms with Gasteiger partial charge in [-0.05, 0) is 41.5 Å². The monoisotopic (exact) mass is 378 g/mol. The summed E-state index contributed by atoms with van der Waals surface area (Å²) in [5.74, 6) is -2.54. The largest absolute Gasteiger partial charge is 0.506 e. The lowest BCUT2D eigenvalue weighted by Gasteiger charge is -2.13. The minimum atomic E-state index is -5.08. The summed E-state index contributed by atoms with van der Waals surface area (Å²) in [6, 6.07) is 15.9. The van der Waals surface area contributed by atoms with E-state index in [9.17, 15) is 18.3 Å². The number of aromatic hydroxyl groups is 1. The summed E-state index contributed by atoms with van der Waals surface area (Å²) in [6.45, 7) is 0. The van der Waals surface area contributed by atoms with Gasteiger partial charge in [-0.25, -0.2) is 4.79 Å². The van der Waals surface area contributed by atoms with Gasteiger partial charge < -0.3 is 15.1 Å². The van der Waals surface area contributed by atoms with Crippen LogP contribution in [-0.2, 0) is 4.79 Å². The summed E-state index contributed by atoms with van der Waals surface area (Å²) in [6.07, 6.45) is -3.40. The van der Waals surface area contributed by atoms with Crippen molar-refractivity contribution in [2.45, 2.75) is 6.18 Å². The van der Waals surface area contributed by atoms with Crippen LogP contribution in [0.5, 0.6) is 5.75 Å². The van der Waals surface area contributed by atoms with Gasteiger partial charge in [-0.15, -0.1) is 0 Å². The van der Waals surface area contributed by atoms with Crippen molar-refractivity contribution < 1.29 is 28.2 Å². The molecule has 8 heteroatoms. The van der Waals surface area contributed by atoms with E-state index in [0.717, 1.165) is 22.2 Å². The van der Waals surface area contributed by atoms with Crippen molar-refractivity contribution in [3.8, 4) is 16.9 Å². The molecule has 0 spiro atoms. The topological polar surface area (TPSA) is 73.7 Å². The normalized spacial score (nSPS) is 10.9. The van der Waals surface area contributed by atoms with Gasteiger partial charge in [0.05, 0.1) is 0 Å². The van der Waals surface area contributed by atoms with E-state index in [1.54, 1.807) is 12.3 Å². The molecule has 0 amide bonds. The number of pyridine rings is 1. The summed E-state index contributed by atoms with van der Waals surface area (Å²) in [5.41, 5.74) is 3.87. The van der Waals surface area contributed by atoms with Crippen LogP contribution in [0.2, 0.25) is 0 Å². The average molecular weight is 378 g/mol. The van der Waals surface area contributed by atoms with Crippen molar-refractivity contribution in [1.29, 1.82) is 0 Å². The highest BCUT2D eigenvalue weighted by Gasteiger charge is 2.38. The molecule has 0 radical (unpaired) electrons. The molecule has 3 aromatic rings. The molecule has 142 valence electrons. The van der Waals surface area contributed by atoms with E-state index in [1.165, 1.54) is 0 Å². The number of carbonyl (C=O) groups is 1. The van der Waals surface area contributed by atoms with Gasteiger partial charge in [0.2, 0.25) is 0 Å². The SMILES string of the molecule is CN(C)c1ccc(-c2cc(O)c3ncccc3c2)cc1.O=C(O)C(F)(F)F. The number of phenols is 1. The number of nitrogens with zero attached hydrogens (tertiary/aromatic N) is 2. The number of carboxylic acids is 1. The number of hydrogen-bond acceptors (Lipinski definition) is 4. The first-order chi connectivity index (χ1) is 12.6. The fraction of sp³-hybridized carbons (Fsp3) is 0.158. The third kappa shape index (κ3) is 5.10. The molecule has 0 aliphatic rings. The first-order valence-electron chi connectivity index (χ1n) is 7.75. The summed E-state index contributed by atoms with van der Waals surface area (Å²) in [4.78, 5) is 15.2. The van der Waals surface area contributed by atoms with Crippen LogP contribution in [-0.4, -0.2) is 41.4 Å². The Bertz CT molecular complexity index is 939. The maximum atomic E-state index is 10.6. The van der Waals surface area contributed by atoms with E-state index >= 15 is 0 Å². The zero-order valence-corrected chi connectivity index (χ0v) is 14.5. The Hall–Kier alpha value is -3.29. The number of benzene rings is 2. The van der Waals surface area contributed by atoms with Crippen molar-refractivity contribution in [1.82, 2.24) is 4.98 Å². The molecular formula is C19H17F3N2O3. The Morgan fingerprint density at radius 3 is 2.15 bits per heavy atom. The summed E-state index contributed by atoms with van der Waals surface area (Å²) in [7, 11) is 4.03. The second-order valence-electron chi connectivity index (χ2n) is 5.81. The molecule has 3 rings (SSSR count). The third-order valence-electron chi connectivity index (χ3n) is 3.64. The van der Waals surface area contributed by atoms with Crippen LogP contribution in [0.3, 0.4) is 0 Å². The van der Waals surface area contributed by atoms with Crippen LogP contribution in [0.25, 0.3) is 22.0 Å². The number of aromatic nitrogens is 1. The van der Waals surface area contributed by atoms with Gasteiger partial charge in [-0.2, -0.15) is 13.2 Å². The zero-order chi connectivity index (χ0) is 20.2. The maximum Gasteiger partial charge on any atom is 0.490 e. The zero-order valence-electron chi connectivity index (χ0n) is 14.5. The number of anilines is 1. The minimum Gasteiger partial charge on any atom is -0.506 e. The van der Waals surface area contributed by atoms with Crippen LogP contribution in [0.1, 0.15) is 0 Å². The summed E-state index contributed by atoms with van der Waals surface area (Å²) in [5, 5.41) is 18.2. The Morgan fingerprint density at radius 2 is 1.63 bits per heavy atom. The molecule has 0 saturated carbocycles. The lowest BCUT2D eigenvalue weighted by atomic mass is 10.0. The molecule has 2 N–H and O–H groups in total. The minimum absolute atomic E-state index is 0.217. The summed E-state index contributed by atoms with van der Waals surface area (Å²) >= 11 is 0. The Balaban J connectivity index is 0.000000321. The molecule has 1 aromatic heterocycles. The number of fused-ring (bicyclic) bond motifs is 1. The van der Waals surface area contributed by atoms with Crippen LogP contribution in [0, 0.1) is 0 Å².